The van der Waals surface area contributed by atoms with Gasteiger partial charge >= 0.3 is 0 Å². The van der Waals surface area contributed by atoms with Crippen LogP contribution in [0.1, 0.15) is 0 Å². The Balaban J connectivity index is 0.833. The van der Waals surface area contributed by atoms with Crippen LogP contribution in [0.4, 0.5) is 0 Å². The van der Waals surface area contributed by atoms with Crippen LogP contribution in [-0.2, 0) is 7.05 Å². The summed E-state index contributed by atoms with van der Waals surface area (Å²) >= 11 is 1.72. The minimum Gasteiger partial charge on any atom is -0.313 e. The number of nitrogens with zero attached hydrogens (tertiary/aromatic N) is 9. The predicted octanol–water partition coefficient (Wildman–Crippen LogP) is 14.2. The summed E-state index contributed by atoms with van der Waals surface area (Å²) in [7, 11) is 2.10. The lowest BCUT2D eigenvalue weighted by atomic mass is 10.0. The fraction of sp³-hybridized carbons (Fsp3) is 0.0172. The molecule has 9 aromatic carbocycles. The first kappa shape index (κ1) is 36.3. The lowest BCUT2D eigenvalue weighted by Gasteiger charge is -2.11. The van der Waals surface area contributed by atoms with Crippen LogP contribution in [0, 0.1) is 0 Å². The molecule has 0 saturated carbocycles. The molecule has 0 aliphatic heterocycles. The molecule has 68 heavy (non-hydrogen) atoms. The van der Waals surface area contributed by atoms with Crippen molar-refractivity contribution in [3.63, 3.8) is 0 Å². The highest BCUT2D eigenvalue weighted by molar-refractivity contribution is 7.23. The summed E-state index contributed by atoms with van der Waals surface area (Å²) < 4.78 is 15.0. The number of thiazole rings is 1. The number of para-hydroxylation sites is 7. The quantitative estimate of drug-likeness (QED) is 0.177. The van der Waals surface area contributed by atoms with Gasteiger partial charge in [0.1, 0.15) is 0 Å². The van der Waals surface area contributed by atoms with Gasteiger partial charge in [-0.25, -0.2) is 15.0 Å². The zero-order valence-corrected chi connectivity index (χ0v) is 37.2. The van der Waals surface area contributed by atoms with E-state index in [9.17, 15) is 0 Å². The molecular weight excluding hydrogens is 855 g/mol. The molecule has 0 spiro atoms. The fourth-order valence-electron chi connectivity index (χ4n) is 11.2. The Hall–Kier alpha value is -8.99. The Kier molecular flexibility index (Phi) is 6.98. The summed E-state index contributed by atoms with van der Waals surface area (Å²) in [6, 6.07) is 70.2. The second kappa shape index (κ2) is 13.1. The summed E-state index contributed by atoms with van der Waals surface area (Å²) in [5.41, 5.74) is 21.1. The number of imidazole rings is 5. The van der Waals surface area contributed by atoms with Crippen molar-refractivity contribution >= 4 is 115 Å². The second-order valence-corrected chi connectivity index (χ2v) is 18.9. The molecule has 318 valence electrons. The van der Waals surface area contributed by atoms with E-state index in [1.807, 2.05) is 6.07 Å². The Morgan fingerprint density at radius 1 is 0.338 bits per heavy atom. The number of aryl methyl sites for hydroxylation is 1. The molecule has 0 bridgehead atoms. The van der Waals surface area contributed by atoms with Crippen molar-refractivity contribution in [1.29, 1.82) is 0 Å². The summed E-state index contributed by atoms with van der Waals surface area (Å²) in [6.07, 6.45) is 0. The zero-order chi connectivity index (χ0) is 44.4. The number of rotatable bonds is 4. The van der Waals surface area contributed by atoms with Crippen molar-refractivity contribution in [3.05, 3.63) is 194 Å². The van der Waals surface area contributed by atoms with Crippen LogP contribution in [0.25, 0.3) is 137 Å². The first-order valence-electron chi connectivity index (χ1n) is 22.8. The van der Waals surface area contributed by atoms with Crippen molar-refractivity contribution in [2.75, 3.05) is 0 Å². The van der Waals surface area contributed by atoms with Crippen LogP contribution in [0.15, 0.2) is 194 Å². The topological polar surface area (TPSA) is 66.7 Å². The number of aromatic nitrogens is 9. The number of fused-ring (bicyclic) bond motifs is 18. The predicted molar refractivity (Wildman–Crippen MR) is 279 cm³/mol. The van der Waals surface area contributed by atoms with Gasteiger partial charge in [0, 0.05) is 23.5 Å². The normalized spacial score (nSPS) is 12.5. The van der Waals surface area contributed by atoms with Crippen LogP contribution in [0.3, 0.4) is 0 Å². The fourth-order valence-corrected chi connectivity index (χ4v) is 12.2. The maximum atomic E-state index is 5.25. The molecule has 0 radical (unpaired) electrons. The molecule has 0 aliphatic rings. The van der Waals surface area contributed by atoms with Gasteiger partial charge in [-0.3, -0.25) is 17.8 Å². The van der Waals surface area contributed by atoms with E-state index < -0.39 is 0 Å². The molecule has 0 unspecified atom stereocenters. The third-order valence-electron chi connectivity index (χ3n) is 14.2. The van der Waals surface area contributed by atoms with Gasteiger partial charge < -0.3 is 9.13 Å². The van der Waals surface area contributed by atoms with E-state index in [4.69, 9.17) is 15.0 Å². The maximum absolute atomic E-state index is 5.25. The second-order valence-electron chi connectivity index (χ2n) is 17.9. The maximum Gasteiger partial charge on any atom is 0.220 e. The van der Waals surface area contributed by atoms with Crippen molar-refractivity contribution < 1.29 is 0 Å². The van der Waals surface area contributed by atoms with Crippen LogP contribution in [0.2, 0.25) is 0 Å². The highest BCUT2D eigenvalue weighted by atomic mass is 32.1. The van der Waals surface area contributed by atoms with E-state index in [-0.39, 0.29) is 0 Å². The van der Waals surface area contributed by atoms with Gasteiger partial charge in [-0.2, -0.15) is 0 Å². The highest BCUT2D eigenvalue weighted by Crippen LogP contribution is 2.39. The van der Waals surface area contributed by atoms with Gasteiger partial charge in [-0.15, -0.1) is 0 Å². The average Bonchev–Trinajstić information content (AvgIpc) is 4.25. The molecule has 0 aliphatic carbocycles. The molecular formula is C58H35N9S. The smallest absolute Gasteiger partial charge is 0.220 e. The molecule has 9 nitrogen and oxygen atoms in total. The molecule has 7 aromatic heterocycles. The molecule has 16 rings (SSSR count). The molecule has 0 fully saturated rings. The SMILES string of the molecule is Cn1c2ccc(-c3ccc4c(c3)c3ccccc3n4-c3cccc(-c4ccc5c(c4)n4c6ccccc6nc4n5-c4ccc5c(c4)sc4nc6ccccc6n45)c3)cc2n2c3ccccc3nc12. The number of hydrogen-bond donors (Lipinski definition) is 0. The van der Waals surface area contributed by atoms with Crippen LogP contribution in [-0.4, -0.2) is 41.9 Å². The molecule has 0 N–H and O–H groups in total. The van der Waals surface area contributed by atoms with Crippen LogP contribution >= 0.6 is 11.3 Å². The third kappa shape index (κ3) is 4.80. The van der Waals surface area contributed by atoms with E-state index in [1.54, 1.807) is 11.3 Å². The van der Waals surface area contributed by atoms with Crippen molar-refractivity contribution in [1.82, 2.24) is 41.9 Å². The van der Waals surface area contributed by atoms with Crippen LogP contribution < -0.4 is 0 Å². The Bertz CT molecular complexity index is 4830. The summed E-state index contributed by atoms with van der Waals surface area (Å²) in [6.45, 7) is 0. The van der Waals surface area contributed by atoms with Crippen molar-refractivity contribution in [3.8, 4) is 33.6 Å². The van der Waals surface area contributed by atoms with Gasteiger partial charge in [0.25, 0.3) is 0 Å². The van der Waals surface area contributed by atoms with Gasteiger partial charge in [-0.05, 0) is 131 Å². The summed E-state index contributed by atoms with van der Waals surface area (Å²) in [4.78, 5) is 16.2. The minimum atomic E-state index is 0.884. The average molecular weight is 890 g/mol. The summed E-state index contributed by atoms with van der Waals surface area (Å²) in [5, 5.41) is 2.44. The molecule has 16 aromatic rings. The molecule has 10 heteroatoms. The standard InChI is InChI=1S/C58H35N9S/c1-62-50-26-22-37(31-53(50)65-47-18-7-3-14-42(47)59-56(62)65)35-21-25-46-41(30-35)40-13-2-6-17-45(40)63(46)38-12-10-11-34(29-38)36-23-27-51-54(32-36)66-48-19-8-4-15-43(48)60-57(66)64(51)39-24-28-52-55(33-39)68-58-61-44-16-5-9-20-49(44)67(52)58/h2-33H,1H3. The lowest BCUT2D eigenvalue weighted by Crippen LogP contribution is -1.95. The Labute approximate surface area is 389 Å². The van der Waals surface area contributed by atoms with Crippen LogP contribution in [0.5, 0.6) is 0 Å². The van der Waals surface area contributed by atoms with E-state index in [0.29, 0.717) is 0 Å². The minimum absolute atomic E-state index is 0.884. The van der Waals surface area contributed by atoms with Gasteiger partial charge in [0.05, 0.1) is 82.1 Å². The Morgan fingerprint density at radius 3 is 1.65 bits per heavy atom. The van der Waals surface area contributed by atoms with E-state index in [2.05, 4.69) is 222 Å². The van der Waals surface area contributed by atoms with E-state index in [1.165, 1.54) is 37.6 Å². The zero-order valence-electron chi connectivity index (χ0n) is 36.4. The third-order valence-corrected chi connectivity index (χ3v) is 15.2. The Morgan fingerprint density at radius 2 is 0.882 bits per heavy atom. The monoisotopic (exact) mass is 889 g/mol. The van der Waals surface area contributed by atoms with Gasteiger partial charge in [0.2, 0.25) is 11.6 Å². The van der Waals surface area contributed by atoms with Crippen molar-refractivity contribution in [2.24, 2.45) is 7.05 Å². The first-order valence-corrected chi connectivity index (χ1v) is 23.6. The molecule has 7 heterocycles. The van der Waals surface area contributed by atoms with E-state index >= 15 is 0 Å². The summed E-state index contributed by atoms with van der Waals surface area (Å²) in [5.74, 6) is 1.83. The first-order chi connectivity index (χ1) is 33.6. The largest absolute Gasteiger partial charge is 0.313 e. The highest BCUT2D eigenvalue weighted by Gasteiger charge is 2.21. The number of hydrogen-bond acceptors (Lipinski definition) is 4. The number of benzene rings is 9. The molecule has 0 atom stereocenters. The van der Waals surface area contributed by atoms with Gasteiger partial charge in [-0.1, -0.05) is 96.3 Å². The van der Waals surface area contributed by atoms with Gasteiger partial charge in [0.15, 0.2) is 4.96 Å². The van der Waals surface area contributed by atoms with Crippen molar-refractivity contribution in [2.45, 2.75) is 0 Å². The molecule has 0 amide bonds. The van der Waals surface area contributed by atoms with E-state index in [0.717, 1.165) is 99.7 Å². The lowest BCUT2D eigenvalue weighted by molar-refractivity contribution is 0.974. The molecule has 0 saturated heterocycles.